The normalized spacial score (nSPS) is 27.6. The van der Waals surface area contributed by atoms with E-state index in [1.165, 1.54) is 0 Å². The molecule has 0 radical (unpaired) electrons. The van der Waals surface area contributed by atoms with Gasteiger partial charge in [0.2, 0.25) is 0 Å². The molecule has 0 aromatic carbocycles. The van der Waals surface area contributed by atoms with Crippen LogP contribution in [-0.2, 0) is 4.79 Å². The Morgan fingerprint density at radius 1 is 1.30 bits per heavy atom. The van der Waals surface area contributed by atoms with Gasteiger partial charge in [-0.25, -0.2) is 4.79 Å². The predicted octanol–water partition coefficient (Wildman–Crippen LogP) is 2.36. The number of rotatable bonds is 6. The standard InChI is InChI=1S/C14H24N2O3S/c1-2-20-11-6-3-5-10(11)15-13(19)16-14(7-4-8-14)9-12(17)18/h10-11H,2-9H2,1H3,(H,17,18)(H2,15,16,19). The minimum Gasteiger partial charge on any atom is -0.481 e. The molecule has 2 saturated carbocycles. The van der Waals surface area contributed by atoms with E-state index in [9.17, 15) is 9.59 Å². The third-order valence-corrected chi connectivity index (χ3v) is 5.65. The molecule has 3 N–H and O–H groups in total. The van der Waals surface area contributed by atoms with Gasteiger partial charge in [0.1, 0.15) is 0 Å². The van der Waals surface area contributed by atoms with E-state index in [1.807, 2.05) is 11.8 Å². The number of carboxylic acid groups (broad SMARTS) is 1. The number of nitrogens with one attached hydrogen (secondary N) is 2. The van der Waals surface area contributed by atoms with Crippen LogP contribution in [0.3, 0.4) is 0 Å². The van der Waals surface area contributed by atoms with Crippen molar-refractivity contribution in [2.45, 2.75) is 68.7 Å². The molecule has 0 aromatic heterocycles. The first-order valence-electron chi connectivity index (χ1n) is 7.47. The average molecular weight is 300 g/mol. The van der Waals surface area contributed by atoms with Gasteiger partial charge in [-0.05, 0) is 37.9 Å². The van der Waals surface area contributed by atoms with Gasteiger partial charge >= 0.3 is 12.0 Å². The molecule has 2 aliphatic carbocycles. The largest absolute Gasteiger partial charge is 0.481 e. The second kappa shape index (κ2) is 6.70. The minimum absolute atomic E-state index is 0.0260. The Labute approximate surface area is 124 Å². The van der Waals surface area contributed by atoms with Gasteiger partial charge in [0.15, 0.2) is 0 Å². The summed E-state index contributed by atoms with van der Waals surface area (Å²) in [7, 11) is 0. The topological polar surface area (TPSA) is 78.4 Å². The van der Waals surface area contributed by atoms with Crippen LogP contribution in [0.5, 0.6) is 0 Å². The number of carbonyl (C=O) groups excluding carboxylic acids is 1. The number of carboxylic acids is 1. The van der Waals surface area contributed by atoms with Crippen LogP contribution >= 0.6 is 11.8 Å². The lowest BCUT2D eigenvalue weighted by atomic mass is 9.74. The summed E-state index contributed by atoms with van der Waals surface area (Å²) < 4.78 is 0. The van der Waals surface area contributed by atoms with E-state index in [1.54, 1.807) is 0 Å². The molecule has 2 rings (SSSR count). The van der Waals surface area contributed by atoms with Crippen molar-refractivity contribution < 1.29 is 14.7 Å². The Morgan fingerprint density at radius 2 is 2.05 bits per heavy atom. The van der Waals surface area contributed by atoms with E-state index in [-0.39, 0.29) is 18.5 Å². The monoisotopic (exact) mass is 300 g/mol. The Kier molecular flexibility index (Phi) is 5.18. The lowest BCUT2D eigenvalue weighted by Gasteiger charge is -2.41. The van der Waals surface area contributed by atoms with E-state index >= 15 is 0 Å². The molecule has 0 saturated heterocycles. The number of amides is 2. The molecule has 0 aromatic rings. The van der Waals surface area contributed by atoms with Crippen molar-refractivity contribution >= 4 is 23.8 Å². The van der Waals surface area contributed by atoms with Crippen molar-refractivity contribution in [2.75, 3.05) is 5.75 Å². The van der Waals surface area contributed by atoms with Crippen molar-refractivity contribution in [2.24, 2.45) is 0 Å². The third kappa shape index (κ3) is 3.81. The maximum absolute atomic E-state index is 12.1. The lowest BCUT2D eigenvalue weighted by molar-refractivity contribution is -0.139. The third-order valence-electron chi connectivity index (χ3n) is 4.33. The molecule has 0 bridgehead atoms. The van der Waals surface area contributed by atoms with E-state index in [2.05, 4.69) is 17.6 Å². The maximum atomic E-state index is 12.1. The van der Waals surface area contributed by atoms with Crippen molar-refractivity contribution in [1.82, 2.24) is 10.6 Å². The summed E-state index contributed by atoms with van der Waals surface area (Å²) in [6.07, 6.45) is 5.89. The Balaban J connectivity index is 1.83. The summed E-state index contributed by atoms with van der Waals surface area (Å²) in [6.45, 7) is 2.14. The second-order valence-corrected chi connectivity index (χ2v) is 7.35. The smallest absolute Gasteiger partial charge is 0.315 e. The highest BCUT2D eigenvalue weighted by atomic mass is 32.2. The Hall–Kier alpha value is -0.910. The highest BCUT2D eigenvalue weighted by Gasteiger charge is 2.41. The van der Waals surface area contributed by atoms with Gasteiger partial charge in [-0.2, -0.15) is 11.8 Å². The molecule has 2 fully saturated rings. The van der Waals surface area contributed by atoms with Crippen LogP contribution in [0.15, 0.2) is 0 Å². The molecule has 2 atom stereocenters. The van der Waals surface area contributed by atoms with Crippen LogP contribution in [-0.4, -0.2) is 39.7 Å². The van der Waals surface area contributed by atoms with Crippen molar-refractivity contribution in [3.63, 3.8) is 0 Å². The van der Waals surface area contributed by atoms with Gasteiger partial charge in [-0.1, -0.05) is 13.3 Å². The number of hydrogen-bond acceptors (Lipinski definition) is 3. The fraction of sp³-hybridized carbons (Fsp3) is 0.857. The molecular weight excluding hydrogens is 276 g/mol. The van der Waals surface area contributed by atoms with Gasteiger partial charge in [0, 0.05) is 11.3 Å². The molecule has 5 nitrogen and oxygen atoms in total. The zero-order chi connectivity index (χ0) is 14.6. The van der Waals surface area contributed by atoms with Gasteiger partial charge in [0.05, 0.1) is 12.0 Å². The Bertz CT molecular complexity index is 371. The first kappa shape index (κ1) is 15.5. The molecule has 20 heavy (non-hydrogen) atoms. The first-order valence-corrected chi connectivity index (χ1v) is 8.51. The lowest BCUT2D eigenvalue weighted by Crippen LogP contribution is -2.58. The molecule has 0 heterocycles. The van der Waals surface area contributed by atoms with E-state index in [0.717, 1.165) is 44.3 Å². The van der Waals surface area contributed by atoms with Gasteiger partial charge in [-0.3, -0.25) is 4.79 Å². The minimum atomic E-state index is -0.842. The highest BCUT2D eigenvalue weighted by Crippen LogP contribution is 2.35. The number of thioether (sulfide) groups is 1. The average Bonchev–Trinajstić information content (AvgIpc) is 2.73. The number of urea groups is 1. The van der Waals surface area contributed by atoms with Gasteiger partial charge < -0.3 is 15.7 Å². The van der Waals surface area contributed by atoms with Crippen LogP contribution < -0.4 is 10.6 Å². The number of aliphatic carboxylic acids is 1. The summed E-state index contributed by atoms with van der Waals surface area (Å²) in [6, 6.07) is 0.0291. The fourth-order valence-electron chi connectivity index (χ4n) is 3.19. The fourth-order valence-corrected chi connectivity index (χ4v) is 4.39. The SMILES string of the molecule is CCSC1CCCC1NC(=O)NC1(CC(=O)O)CCC1. The molecule has 2 amide bonds. The van der Waals surface area contributed by atoms with Crippen LogP contribution in [0.25, 0.3) is 0 Å². The zero-order valence-electron chi connectivity index (χ0n) is 12.0. The first-order chi connectivity index (χ1) is 9.54. The number of carbonyl (C=O) groups is 2. The molecule has 114 valence electrons. The van der Waals surface area contributed by atoms with Crippen molar-refractivity contribution in [3.8, 4) is 0 Å². The van der Waals surface area contributed by atoms with Gasteiger partial charge in [0.25, 0.3) is 0 Å². The predicted molar refractivity (Wildman–Crippen MR) is 80.1 cm³/mol. The van der Waals surface area contributed by atoms with Crippen LogP contribution in [0, 0.1) is 0 Å². The maximum Gasteiger partial charge on any atom is 0.315 e. The second-order valence-electron chi connectivity index (χ2n) is 5.83. The number of hydrogen-bond donors (Lipinski definition) is 3. The van der Waals surface area contributed by atoms with E-state index in [4.69, 9.17) is 5.11 Å². The summed E-state index contributed by atoms with van der Waals surface area (Å²) in [5.41, 5.74) is -0.512. The van der Waals surface area contributed by atoms with Crippen LogP contribution in [0.4, 0.5) is 4.79 Å². The van der Waals surface area contributed by atoms with Crippen LogP contribution in [0.1, 0.15) is 51.9 Å². The zero-order valence-corrected chi connectivity index (χ0v) is 12.8. The van der Waals surface area contributed by atoms with Crippen LogP contribution in [0.2, 0.25) is 0 Å². The molecule has 2 unspecified atom stereocenters. The summed E-state index contributed by atoms with van der Waals surface area (Å²) in [5.74, 6) is 0.221. The molecule has 2 aliphatic rings. The summed E-state index contributed by atoms with van der Waals surface area (Å²) >= 11 is 1.90. The molecule has 6 heteroatoms. The highest BCUT2D eigenvalue weighted by molar-refractivity contribution is 7.99. The quantitative estimate of drug-likeness (QED) is 0.703. The van der Waals surface area contributed by atoms with Crippen molar-refractivity contribution in [3.05, 3.63) is 0 Å². The van der Waals surface area contributed by atoms with E-state index < -0.39 is 11.5 Å². The molecular formula is C14H24N2O3S. The Morgan fingerprint density at radius 3 is 2.60 bits per heavy atom. The molecule has 0 spiro atoms. The van der Waals surface area contributed by atoms with Gasteiger partial charge in [-0.15, -0.1) is 0 Å². The summed E-state index contributed by atoms with van der Waals surface area (Å²) in [5, 5.41) is 15.4. The molecule has 0 aliphatic heterocycles. The summed E-state index contributed by atoms with van der Waals surface area (Å²) in [4.78, 5) is 23.0. The van der Waals surface area contributed by atoms with E-state index in [0.29, 0.717) is 5.25 Å². The van der Waals surface area contributed by atoms with Crippen molar-refractivity contribution in [1.29, 1.82) is 0 Å².